The van der Waals surface area contributed by atoms with Crippen LogP contribution in [0.25, 0.3) is 42.1 Å². The fraction of sp³-hybridized carbons (Fsp3) is 0.0213. The summed E-state index contributed by atoms with van der Waals surface area (Å²) in [4.78, 5) is 5.01. The summed E-state index contributed by atoms with van der Waals surface area (Å²) in [6.45, 7) is 0. The average Bonchev–Trinajstić information content (AvgIpc) is 3.55. The number of rotatable bonds is 3. The van der Waals surface area contributed by atoms with Crippen LogP contribution in [0.5, 0.6) is 0 Å². The van der Waals surface area contributed by atoms with Crippen LogP contribution >= 0.6 is 23.1 Å². The molecule has 3 heteroatoms. The van der Waals surface area contributed by atoms with Gasteiger partial charge in [-0.25, -0.2) is 0 Å². The first kappa shape index (κ1) is 28.3. The van der Waals surface area contributed by atoms with Crippen LogP contribution in [-0.4, -0.2) is 0 Å². The Bertz CT molecular complexity index is 2810. The molecule has 234 valence electrons. The molecule has 1 atom stereocenters. The molecule has 0 bridgehead atoms. The van der Waals surface area contributed by atoms with Crippen LogP contribution in [0.1, 0.15) is 22.3 Å². The maximum absolute atomic E-state index is 2.43. The molecule has 0 saturated heterocycles. The highest BCUT2D eigenvalue weighted by atomic mass is 32.2. The first-order valence-electron chi connectivity index (χ1n) is 17.1. The van der Waals surface area contributed by atoms with Crippen LogP contribution in [0.15, 0.2) is 186 Å². The van der Waals surface area contributed by atoms with Crippen LogP contribution < -0.4 is 4.90 Å². The van der Waals surface area contributed by atoms with Crippen LogP contribution in [0.4, 0.5) is 17.1 Å². The lowest BCUT2D eigenvalue weighted by Crippen LogP contribution is -2.36. The van der Waals surface area contributed by atoms with Gasteiger partial charge in [0.05, 0.1) is 5.41 Å². The van der Waals surface area contributed by atoms with Crippen molar-refractivity contribution in [1.82, 2.24) is 0 Å². The van der Waals surface area contributed by atoms with Crippen molar-refractivity contribution >= 4 is 71.1 Å². The van der Waals surface area contributed by atoms with Crippen molar-refractivity contribution in [2.24, 2.45) is 0 Å². The van der Waals surface area contributed by atoms with Gasteiger partial charge in [0.25, 0.3) is 0 Å². The number of hydrogen-bond acceptors (Lipinski definition) is 3. The molecular formula is C47H29NS2. The number of nitrogens with zero attached hydrogens (tertiary/aromatic N) is 1. The molecule has 9 aromatic rings. The molecule has 50 heavy (non-hydrogen) atoms. The van der Waals surface area contributed by atoms with Crippen molar-refractivity contribution in [3.63, 3.8) is 0 Å². The number of para-hydroxylation sites is 1. The van der Waals surface area contributed by atoms with E-state index in [-0.39, 0.29) is 0 Å². The van der Waals surface area contributed by atoms with Crippen molar-refractivity contribution in [3.8, 4) is 11.1 Å². The summed E-state index contributed by atoms with van der Waals surface area (Å²) < 4.78 is 2.62. The third kappa shape index (κ3) is 3.85. The van der Waals surface area contributed by atoms with Gasteiger partial charge < -0.3 is 4.90 Å². The molecule has 1 aliphatic carbocycles. The highest BCUT2D eigenvalue weighted by molar-refractivity contribution is 7.99. The minimum atomic E-state index is -0.451. The normalized spacial score (nSPS) is 15.6. The topological polar surface area (TPSA) is 3.24 Å². The van der Waals surface area contributed by atoms with Crippen molar-refractivity contribution < 1.29 is 0 Å². The Balaban J connectivity index is 1.18. The molecule has 1 aromatic heterocycles. The second-order valence-corrected chi connectivity index (χ2v) is 15.4. The molecule has 1 spiro atoms. The van der Waals surface area contributed by atoms with E-state index < -0.39 is 5.41 Å². The zero-order valence-corrected chi connectivity index (χ0v) is 28.6. The molecule has 0 N–H and O–H groups in total. The van der Waals surface area contributed by atoms with Gasteiger partial charge in [0.1, 0.15) is 0 Å². The van der Waals surface area contributed by atoms with Crippen molar-refractivity contribution in [1.29, 1.82) is 0 Å². The van der Waals surface area contributed by atoms with Gasteiger partial charge in [-0.15, -0.1) is 11.3 Å². The molecule has 0 amide bonds. The monoisotopic (exact) mass is 671 g/mol. The summed E-state index contributed by atoms with van der Waals surface area (Å²) in [5.41, 5.74) is 11.1. The Labute approximate surface area is 299 Å². The third-order valence-corrected chi connectivity index (χ3v) is 13.0. The van der Waals surface area contributed by atoms with Gasteiger partial charge >= 0.3 is 0 Å². The number of fused-ring (bicyclic) bond motifs is 11. The highest BCUT2D eigenvalue weighted by Gasteiger charge is 2.48. The van der Waals surface area contributed by atoms with E-state index in [0.29, 0.717) is 0 Å². The van der Waals surface area contributed by atoms with Gasteiger partial charge in [-0.3, -0.25) is 0 Å². The molecule has 2 heterocycles. The summed E-state index contributed by atoms with van der Waals surface area (Å²) >= 11 is 3.77. The Morgan fingerprint density at radius 2 is 1.06 bits per heavy atom. The second-order valence-electron chi connectivity index (χ2n) is 13.2. The molecule has 1 nitrogen and oxygen atoms in total. The molecule has 0 fully saturated rings. The maximum Gasteiger partial charge on any atom is 0.0735 e. The second kappa shape index (κ2) is 10.7. The predicted octanol–water partition coefficient (Wildman–Crippen LogP) is 13.5. The van der Waals surface area contributed by atoms with E-state index in [0.717, 1.165) is 17.1 Å². The number of thiophene rings is 1. The Hall–Kier alpha value is -5.61. The summed E-state index contributed by atoms with van der Waals surface area (Å²) in [5, 5.41) is 5.28. The van der Waals surface area contributed by atoms with Crippen LogP contribution in [0.3, 0.4) is 0 Å². The molecule has 8 aromatic carbocycles. The first-order valence-corrected chi connectivity index (χ1v) is 18.7. The van der Waals surface area contributed by atoms with E-state index in [2.05, 4.69) is 181 Å². The van der Waals surface area contributed by atoms with E-state index in [1.165, 1.54) is 74.1 Å². The minimum absolute atomic E-state index is 0.451. The zero-order chi connectivity index (χ0) is 32.8. The molecule has 1 unspecified atom stereocenters. The first-order chi connectivity index (χ1) is 24.8. The standard InChI is InChI=1S/C47H29NS2/c1-2-14-31(15-3-1)48(32-24-26-36-35-17-5-8-22-42(35)49-44(36)28-32)33-25-27-40-45(29-33)50-43-23-9-7-20-39(43)47(40)38-19-6-4-16-34(38)37-18-10-12-30-13-11-21-41(47)46(30)37/h1-29H. The van der Waals surface area contributed by atoms with Crippen LogP contribution in [0, 0.1) is 0 Å². The fourth-order valence-corrected chi connectivity index (χ4v) is 11.1. The maximum atomic E-state index is 2.43. The SMILES string of the molecule is c1ccc(N(c2ccc3c(c2)Sc2ccccc2C32c3ccccc3-c3cccc4cccc2c34)c2ccc3c(c2)sc2ccccc23)cc1. The van der Waals surface area contributed by atoms with E-state index in [1.54, 1.807) is 0 Å². The van der Waals surface area contributed by atoms with Crippen LogP contribution in [-0.2, 0) is 5.41 Å². The quantitative estimate of drug-likeness (QED) is 0.184. The minimum Gasteiger partial charge on any atom is -0.310 e. The number of benzene rings is 8. The lowest BCUT2D eigenvalue weighted by Gasteiger charge is -2.46. The van der Waals surface area contributed by atoms with Crippen LogP contribution in [0.2, 0.25) is 0 Å². The molecule has 11 rings (SSSR count). The average molecular weight is 672 g/mol. The molecular weight excluding hydrogens is 643 g/mol. The smallest absolute Gasteiger partial charge is 0.0735 e. The van der Waals surface area contributed by atoms with E-state index >= 15 is 0 Å². The van der Waals surface area contributed by atoms with Gasteiger partial charge in [-0.1, -0.05) is 139 Å². The molecule has 0 radical (unpaired) electrons. The van der Waals surface area contributed by atoms with Crippen molar-refractivity contribution in [2.75, 3.05) is 4.90 Å². The number of hydrogen-bond donors (Lipinski definition) is 0. The number of anilines is 3. The lowest BCUT2D eigenvalue weighted by atomic mass is 9.59. The fourth-order valence-electron chi connectivity index (χ4n) is 8.70. The van der Waals surface area contributed by atoms with Gasteiger partial charge in [-0.05, 0) is 92.7 Å². The van der Waals surface area contributed by atoms with Crippen molar-refractivity contribution in [3.05, 3.63) is 198 Å². The lowest BCUT2D eigenvalue weighted by molar-refractivity contribution is 0.707. The summed E-state index contributed by atoms with van der Waals surface area (Å²) in [6, 6.07) is 65.5. The predicted molar refractivity (Wildman–Crippen MR) is 213 cm³/mol. The van der Waals surface area contributed by atoms with E-state index in [1.807, 2.05) is 23.1 Å². The molecule has 0 saturated carbocycles. The van der Waals surface area contributed by atoms with Gasteiger partial charge in [0.2, 0.25) is 0 Å². The molecule has 1 aliphatic heterocycles. The highest BCUT2D eigenvalue weighted by Crippen LogP contribution is 2.61. The van der Waals surface area contributed by atoms with E-state index in [4.69, 9.17) is 0 Å². The summed E-state index contributed by atoms with van der Waals surface area (Å²) in [7, 11) is 0. The summed E-state index contributed by atoms with van der Waals surface area (Å²) in [6.07, 6.45) is 0. The Kier molecular flexibility index (Phi) is 6.04. The largest absolute Gasteiger partial charge is 0.310 e. The Morgan fingerprint density at radius 1 is 0.400 bits per heavy atom. The third-order valence-electron chi connectivity index (χ3n) is 10.7. The molecule has 2 aliphatic rings. The summed E-state index contributed by atoms with van der Waals surface area (Å²) in [5.74, 6) is 0. The van der Waals surface area contributed by atoms with Gasteiger partial charge in [0.15, 0.2) is 0 Å². The van der Waals surface area contributed by atoms with Gasteiger partial charge in [-0.2, -0.15) is 0 Å². The Morgan fingerprint density at radius 3 is 1.98 bits per heavy atom. The van der Waals surface area contributed by atoms with Gasteiger partial charge in [0, 0.05) is 47.0 Å². The van der Waals surface area contributed by atoms with E-state index in [9.17, 15) is 0 Å². The zero-order valence-electron chi connectivity index (χ0n) is 27.0. The van der Waals surface area contributed by atoms with Crippen molar-refractivity contribution in [2.45, 2.75) is 15.2 Å².